The number of ether oxygens (including phenoxy) is 2. The van der Waals surface area contributed by atoms with Gasteiger partial charge in [0.1, 0.15) is 22.3 Å². The van der Waals surface area contributed by atoms with Crippen molar-refractivity contribution in [2.75, 3.05) is 5.73 Å². The number of hydrogen-bond acceptors (Lipinski definition) is 3. The molecule has 122 valence electrons. The van der Waals surface area contributed by atoms with Crippen LogP contribution < -0.4 is 15.2 Å². The Hall–Kier alpha value is -2.07. The Labute approximate surface area is 154 Å². The number of benzene rings is 3. The summed E-state index contributed by atoms with van der Waals surface area (Å²) in [5.74, 6) is 1.92. The van der Waals surface area contributed by atoms with Gasteiger partial charge in [0.05, 0.1) is 5.69 Å². The third kappa shape index (κ3) is 3.88. The Morgan fingerprint density at radius 3 is 1.67 bits per heavy atom. The molecule has 0 aliphatic heterocycles. The number of nitrogens with two attached hydrogens (primary N) is 1. The summed E-state index contributed by atoms with van der Waals surface area (Å²) >= 11 is 18.1. The quantitative estimate of drug-likeness (QED) is 0.505. The minimum atomic E-state index is 0.278. The van der Waals surface area contributed by atoms with Gasteiger partial charge in [-0.15, -0.1) is 0 Å². The fourth-order valence-corrected chi connectivity index (χ4v) is 2.49. The maximum Gasteiger partial charge on any atom is 0.172 e. The first kappa shape index (κ1) is 16.8. The molecule has 0 saturated heterocycles. The molecule has 3 rings (SSSR count). The molecule has 6 heteroatoms. The van der Waals surface area contributed by atoms with E-state index in [9.17, 15) is 0 Å². The van der Waals surface area contributed by atoms with Crippen LogP contribution in [0.15, 0.2) is 60.7 Å². The Balaban J connectivity index is 1.89. The first-order valence-corrected chi connectivity index (χ1v) is 8.11. The number of nitrogen functional groups attached to an aromatic ring is 1. The Morgan fingerprint density at radius 1 is 0.625 bits per heavy atom. The van der Waals surface area contributed by atoms with Gasteiger partial charge in [-0.2, -0.15) is 0 Å². The monoisotopic (exact) mass is 379 g/mol. The maximum atomic E-state index is 6.39. The van der Waals surface area contributed by atoms with Gasteiger partial charge in [-0.05, 0) is 60.7 Å². The molecule has 0 aliphatic carbocycles. The van der Waals surface area contributed by atoms with Crippen molar-refractivity contribution in [2.24, 2.45) is 0 Å². The van der Waals surface area contributed by atoms with E-state index in [-0.39, 0.29) is 5.02 Å². The minimum Gasteiger partial charge on any atom is -0.456 e. The van der Waals surface area contributed by atoms with Crippen molar-refractivity contribution in [1.82, 2.24) is 0 Å². The van der Waals surface area contributed by atoms with Crippen LogP contribution in [0.1, 0.15) is 0 Å². The van der Waals surface area contributed by atoms with Gasteiger partial charge in [-0.1, -0.05) is 34.8 Å². The molecule has 3 nitrogen and oxygen atoms in total. The van der Waals surface area contributed by atoms with Gasteiger partial charge in [-0.25, -0.2) is 0 Å². The summed E-state index contributed by atoms with van der Waals surface area (Å²) in [6.07, 6.45) is 0. The number of halogens is 3. The van der Waals surface area contributed by atoms with Crippen molar-refractivity contribution >= 4 is 40.5 Å². The summed E-state index contributed by atoms with van der Waals surface area (Å²) in [5.41, 5.74) is 6.37. The lowest BCUT2D eigenvalue weighted by molar-refractivity contribution is 0.462. The van der Waals surface area contributed by atoms with E-state index in [0.717, 1.165) is 0 Å². The summed E-state index contributed by atoms with van der Waals surface area (Å²) in [4.78, 5) is 0. The van der Waals surface area contributed by atoms with E-state index in [2.05, 4.69) is 0 Å². The fraction of sp³-hybridized carbons (Fsp3) is 0. The molecule has 0 amide bonds. The summed E-state index contributed by atoms with van der Waals surface area (Å²) in [5, 5.41) is 1.51. The molecule has 0 bridgehead atoms. The van der Waals surface area contributed by atoms with Crippen molar-refractivity contribution in [3.8, 4) is 23.0 Å². The van der Waals surface area contributed by atoms with E-state index in [1.54, 1.807) is 60.7 Å². The van der Waals surface area contributed by atoms with Crippen LogP contribution >= 0.6 is 34.8 Å². The van der Waals surface area contributed by atoms with Gasteiger partial charge in [0.2, 0.25) is 0 Å². The van der Waals surface area contributed by atoms with Crippen molar-refractivity contribution in [3.63, 3.8) is 0 Å². The SMILES string of the molecule is Nc1ccc(Oc2ccc(Cl)cc2)c(Cl)c1Oc1ccc(Cl)cc1. The fourth-order valence-electron chi connectivity index (χ4n) is 1.99. The zero-order valence-electron chi connectivity index (χ0n) is 12.3. The van der Waals surface area contributed by atoms with E-state index in [0.29, 0.717) is 38.7 Å². The Kier molecular flexibility index (Phi) is 5.05. The molecule has 24 heavy (non-hydrogen) atoms. The molecule has 0 radical (unpaired) electrons. The van der Waals surface area contributed by atoms with Gasteiger partial charge in [0.25, 0.3) is 0 Å². The first-order valence-electron chi connectivity index (χ1n) is 6.98. The largest absolute Gasteiger partial charge is 0.456 e. The highest BCUT2D eigenvalue weighted by Crippen LogP contribution is 2.42. The van der Waals surface area contributed by atoms with Gasteiger partial charge in [-0.3, -0.25) is 0 Å². The van der Waals surface area contributed by atoms with Gasteiger partial charge < -0.3 is 15.2 Å². The van der Waals surface area contributed by atoms with Crippen LogP contribution in [0.25, 0.3) is 0 Å². The second-order valence-electron chi connectivity index (χ2n) is 4.91. The standard InChI is InChI=1S/C18H12Cl3NO2/c19-11-1-5-13(6-2-11)23-16-10-9-15(22)18(17(16)21)24-14-7-3-12(20)4-8-14/h1-10H,22H2. The molecule has 0 unspecified atom stereocenters. The average Bonchev–Trinajstić information content (AvgIpc) is 2.58. The normalized spacial score (nSPS) is 10.5. The molecular formula is C18H12Cl3NO2. The van der Waals surface area contributed by atoms with Crippen molar-refractivity contribution in [3.05, 3.63) is 75.7 Å². The number of rotatable bonds is 4. The van der Waals surface area contributed by atoms with Crippen LogP contribution in [0.5, 0.6) is 23.0 Å². The van der Waals surface area contributed by atoms with Crippen LogP contribution in [0.4, 0.5) is 5.69 Å². The summed E-state index contributed by atoms with van der Waals surface area (Å²) < 4.78 is 11.5. The molecule has 3 aromatic rings. The molecule has 0 aromatic heterocycles. The number of hydrogen-bond donors (Lipinski definition) is 1. The van der Waals surface area contributed by atoms with Crippen LogP contribution in [-0.4, -0.2) is 0 Å². The molecule has 0 heterocycles. The van der Waals surface area contributed by atoms with Crippen LogP contribution in [0.2, 0.25) is 15.1 Å². The van der Waals surface area contributed by atoms with Crippen molar-refractivity contribution < 1.29 is 9.47 Å². The maximum absolute atomic E-state index is 6.39. The molecule has 0 atom stereocenters. The summed E-state index contributed by atoms with van der Waals surface area (Å²) in [6, 6.07) is 17.2. The van der Waals surface area contributed by atoms with Crippen LogP contribution in [0.3, 0.4) is 0 Å². The summed E-state index contributed by atoms with van der Waals surface area (Å²) in [7, 11) is 0. The van der Waals surface area contributed by atoms with E-state index in [1.165, 1.54) is 0 Å². The van der Waals surface area contributed by atoms with Gasteiger partial charge >= 0.3 is 0 Å². The van der Waals surface area contributed by atoms with E-state index >= 15 is 0 Å². The highest BCUT2D eigenvalue weighted by molar-refractivity contribution is 6.34. The Morgan fingerprint density at radius 2 is 1.12 bits per heavy atom. The van der Waals surface area contributed by atoms with Crippen molar-refractivity contribution in [2.45, 2.75) is 0 Å². The van der Waals surface area contributed by atoms with Gasteiger partial charge in [0.15, 0.2) is 5.75 Å². The first-order chi connectivity index (χ1) is 11.5. The predicted molar refractivity (Wildman–Crippen MR) is 98.9 cm³/mol. The Bertz CT molecular complexity index is 849. The van der Waals surface area contributed by atoms with Crippen LogP contribution in [0, 0.1) is 0 Å². The lowest BCUT2D eigenvalue weighted by Crippen LogP contribution is -1.95. The highest BCUT2D eigenvalue weighted by Gasteiger charge is 2.14. The lowest BCUT2D eigenvalue weighted by Gasteiger charge is -2.14. The van der Waals surface area contributed by atoms with Gasteiger partial charge in [0, 0.05) is 10.0 Å². The third-order valence-electron chi connectivity index (χ3n) is 3.17. The van der Waals surface area contributed by atoms with E-state index < -0.39 is 0 Å². The predicted octanol–water partition coefficient (Wildman–Crippen LogP) is 6.81. The van der Waals surface area contributed by atoms with Crippen molar-refractivity contribution in [1.29, 1.82) is 0 Å². The zero-order valence-corrected chi connectivity index (χ0v) is 14.6. The van der Waals surface area contributed by atoms with E-state index in [4.69, 9.17) is 50.0 Å². The average molecular weight is 381 g/mol. The number of anilines is 1. The molecule has 0 aliphatic rings. The minimum absolute atomic E-state index is 0.278. The second kappa shape index (κ2) is 7.22. The molecule has 0 fully saturated rings. The molecule has 2 N–H and O–H groups in total. The third-order valence-corrected chi connectivity index (χ3v) is 4.03. The molecular weight excluding hydrogens is 369 g/mol. The molecule has 0 saturated carbocycles. The van der Waals surface area contributed by atoms with E-state index in [1.807, 2.05) is 0 Å². The topological polar surface area (TPSA) is 44.5 Å². The van der Waals surface area contributed by atoms with Crippen LogP contribution in [-0.2, 0) is 0 Å². The highest BCUT2D eigenvalue weighted by atomic mass is 35.5. The smallest absolute Gasteiger partial charge is 0.172 e. The zero-order chi connectivity index (χ0) is 17.1. The second-order valence-corrected chi connectivity index (χ2v) is 6.16. The molecule has 0 spiro atoms. The lowest BCUT2D eigenvalue weighted by atomic mass is 10.2. The summed E-state index contributed by atoms with van der Waals surface area (Å²) in [6.45, 7) is 0. The molecule has 3 aromatic carbocycles.